The SMILES string of the molecule is CC(C)CC(C)CC(C)CC(C)c1ccc(Oc2cccc(S(=O)(=O)O)c2)cc1S(=O)(=O)O. The Hall–Kier alpha value is -1.94. The molecule has 0 spiro atoms. The summed E-state index contributed by atoms with van der Waals surface area (Å²) in [4.78, 5) is -0.582. The van der Waals surface area contributed by atoms with Crippen molar-refractivity contribution in [3.63, 3.8) is 0 Å². The molecule has 0 aromatic heterocycles. The molecule has 0 aliphatic rings. The maximum atomic E-state index is 12.1. The van der Waals surface area contributed by atoms with Crippen LogP contribution in [0.1, 0.15) is 65.4 Å². The van der Waals surface area contributed by atoms with Gasteiger partial charge in [0.1, 0.15) is 16.4 Å². The summed E-state index contributed by atoms with van der Waals surface area (Å²) >= 11 is 0. The van der Waals surface area contributed by atoms with Crippen molar-refractivity contribution in [2.75, 3.05) is 0 Å². The second-order valence-electron chi connectivity index (χ2n) is 9.44. The van der Waals surface area contributed by atoms with Gasteiger partial charge < -0.3 is 4.74 Å². The highest BCUT2D eigenvalue weighted by Gasteiger charge is 2.23. The van der Waals surface area contributed by atoms with E-state index >= 15 is 0 Å². The first-order chi connectivity index (χ1) is 15.2. The highest BCUT2D eigenvalue weighted by Crippen LogP contribution is 2.35. The van der Waals surface area contributed by atoms with Crippen LogP contribution in [0.4, 0.5) is 0 Å². The van der Waals surface area contributed by atoms with Crippen LogP contribution < -0.4 is 4.74 Å². The van der Waals surface area contributed by atoms with Crippen molar-refractivity contribution in [3.05, 3.63) is 48.0 Å². The maximum absolute atomic E-state index is 12.1. The molecule has 2 N–H and O–H groups in total. The van der Waals surface area contributed by atoms with Gasteiger partial charge in [0.25, 0.3) is 20.2 Å². The summed E-state index contributed by atoms with van der Waals surface area (Å²) in [7, 11) is -8.93. The number of hydrogen-bond donors (Lipinski definition) is 2. The Labute approximate surface area is 197 Å². The molecule has 0 aliphatic carbocycles. The number of benzene rings is 2. The second kappa shape index (κ2) is 11.0. The van der Waals surface area contributed by atoms with E-state index in [1.54, 1.807) is 12.1 Å². The maximum Gasteiger partial charge on any atom is 0.294 e. The van der Waals surface area contributed by atoms with Gasteiger partial charge in [0.2, 0.25) is 0 Å². The molecule has 0 bridgehead atoms. The monoisotopic (exact) mass is 498 g/mol. The molecule has 0 aliphatic heterocycles. The summed E-state index contributed by atoms with van der Waals surface area (Å²) in [5.41, 5.74) is 0.500. The van der Waals surface area contributed by atoms with E-state index in [2.05, 4.69) is 27.7 Å². The van der Waals surface area contributed by atoms with Gasteiger partial charge in [-0.05, 0) is 66.7 Å². The topological polar surface area (TPSA) is 118 Å². The molecule has 0 amide bonds. The predicted octanol–water partition coefficient (Wildman–Crippen LogP) is 6.17. The molecule has 0 heterocycles. The van der Waals surface area contributed by atoms with Crippen LogP contribution >= 0.6 is 0 Å². The molecule has 33 heavy (non-hydrogen) atoms. The lowest BCUT2D eigenvalue weighted by molar-refractivity contribution is 0.332. The predicted molar refractivity (Wildman–Crippen MR) is 128 cm³/mol. The fourth-order valence-electron chi connectivity index (χ4n) is 4.46. The molecule has 7 nitrogen and oxygen atoms in total. The third-order valence-corrected chi connectivity index (χ3v) is 7.33. The molecule has 0 fully saturated rings. The fraction of sp³-hybridized carbons (Fsp3) is 0.500. The molecule has 2 aromatic carbocycles. The number of hydrogen-bond acceptors (Lipinski definition) is 5. The molecule has 0 saturated carbocycles. The zero-order valence-electron chi connectivity index (χ0n) is 19.7. The van der Waals surface area contributed by atoms with Gasteiger partial charge in [0, 0.05) is 12.1 Å². The molecular weight excluding hydrogens is 464 g/mol. The summed E-state index contributed by atoms with van der Waals surface area (Å²) < 4.78 is 71.6. The summed E-state index contributed by atoms with van der Waals surface area (Å²) in [5, 5.41) is 0. The lowest BCUT2D eigenvalue weighted by Crippen LogP contribution is -2.11. The van der Waals surface area contributed by atoms with Crippen molar-refractivity contribution in [1.82, 2.24) is 0 Å². The van der Waals surface area contributed by atoms with Crippen LogP contribution in [-0.2, 0) is 20.2 Å². The van der Waals surface area contributed by atoms with E-state index in [9.17, 15) is 25.9 Å². The van der Waals surface area contributed by atoms with Crippen LogP contribution in [0, 0.1) is 17.8 Å². The van der Waals surface area contributed by atoms with E-state index in [0.29, 0.717) is 23.3 Å². The van der Waals surface area contributed by atoms with Gasteiger partial charge >= 0.3 is 0 Å². The van der Waals surface area contributed by atoms with Crippen molar-refractivity contribution in [1.29, 1.82) is 0 Å². The highest BCUT2D eigenvalue weighted by atomic mass is 32.2. The third kappa shape index (κ3) is 8.41. The molecule has 3 atom stereocenters. The minimum Gasteiger partial charge on any atom is -0.457 e. The Kier molecular flexibility index (Phi) is 9.09. The van der Waals surface area contributed by atoms with E-state index in [-0.39, 0.29) is 27.2 Å². The first kappa shape index (κ1) is 27.3. The first-order valence-corrected chi connectivity index (χ1v) is 13.9. The van der Waals surface area contributed by atoms with E-state index in [1.807, 2.05) is 6.92 Å². The normalized spacial score (nSPS) is 15.3. The van der Waals surface area contributed by atoms with Crippen molar-refractivity contribution in [3.8, 4) is 11.5 Å². The van der Waals surface area contributed by atoms with Crippen LogP contribution in [0.3, 0.4) is 0 Å². The van der Waals surface area contributed by atoms with Gasteiger partial charge in [-0.15, -0.1) is 0 Å². The molecule has 2 rings (SSSR count). The standard InChI is InChI=1S/C24H34O7S2/c1-16(2)11-17(3)12-18(4)13-19(5)23-10-9-21(15-24(23)33(28,29)30)31-20-7-6-8-22(14-20)32(25,26)27/h6-10,14-19H,11-13H2,1-5H3,(H,25,26,27)(H,28,29,30). The van der Waals surface area contributed by atoms with Crippen LogP contribution in [0.25, 0.3) is 0 Å². The summed E-state index contributed by atoms with van der Waals surface area (Å²) in [6.45, 7) is 10.7. The lowest BCUT2D eigenvalue weighted by atomic mass is 9.84. The minimum atomic E-state index is -4.52. The van der Waals surface area contributed by atoms with E-state index < -0.39 is 20.2 Å². The van der Waals surface area contributed by atoms with Crippen molar-refractivity contribution in [2.45, 2.75) is 69.6 Å². The van der Waals surface area contributed by atoms with Crippen LogP contribution in [0.2, 0.25) is 0 Å². The van der Waals surface area contributed by atoms with E-state index in [4.69, 9.17) is 4.74 Å². The van der Waals surface area contributed by atoms with Crippen LogP contribution in [0.5, 0.6) is 11.5 Å². The van der Waals surface area contributed by atoms with Crippen molar-refractivity contribution in [2.24, 2.45) is 17.8 Å². The average molecular weight is 499 g/mol. The molecule has 2 aromatic rings. The van der Waals surface area contributed by atoms with Gasteiger partial charge in [-0.25, -0.2) is 0 Å². The molecule has 9 heteroatoms. The van der Waals surface area contributed by atoms with Crippen LogP contribution in [-0.4, -0.2) is 25.9 Å². The van der Waals surface area contributed by atoms with Gasteiger partial charge in [-0.2, -0.15) is 16.8 Å². The summed E-state index contributed by atoms with van der Waals surface area (Å²) in [6, 6.07) is 9.61. The van der Waals surface area contributed by atoms with Gasteiger partial charge in [0.05, 0.1) is 4.90 Å². The summed E-state index contributed by atoms with van der Waals surface area (Å²) in [6.07, 6.45) is 2.94. The average Bonchev–Trinajstić information content (AvgIpc) is 2.65. The van der Waals surface area contributed by atoms with E-state index in [0.717, 1.165) is 25.3 Å². The fourth-order valence-corrected chi connectivity index (χ4v) is 5.81. The number of ether oxygens (including phenoxy) is 1. The molecule has 3 unspecified atom stereocenters. The molecule has 0 radical (unpaired) electrons. The Morgan fingerprint density at radius 1 is 0.758 bits per heavy atom. The second-order valence-corrected chi connectivity index (χ2v) is 12.3. The molecule has 0 saturated heterocycles. The van der Waals surface area contributed by atoms with Crippen molar-refractivity contribution >= 4 is 20.2 Å². The smallest absolute Gasteiger partial charge is 0.294 e. The van der Waals surface area contributed by atoms with Gasteiger partial charge in [0.15, 0.2) is 0 Å². The first-order valence-electron chi connectivity index (χ1n) is 11.0. The Balaban J connectivity index is 2.26. The molecule has 184 valence electrons. The minimum absolute atomic E-state index is 0.0972. The van der Waals surface area contributed by atoms with Gasteiger partial charge in [-0.3, -0.25) is 9.11 Å². The highest BCUT2D eigenvalue weighted by molar-refractivity contribution is 7.86. The van der Waals surface area contributed by atoms with Crippen LogP contribution in [0.15, 0.2) is 52.3 Å². The largest absolute Gasteiger partial charge is 0.457 e. The number of rotatable bonds is 11. The quantitative estimate of drug-likeness (QED) is 0.355. The summed E-state index contributed by atoms with van der Waals surface area (Å²) in [5.74, 6) is 1.68. The Morgan fingerprint density at radius 2 is 1.36 bits per heavy atom. The van der Waals surface area contributed by atoms with Gasteiger partial charge in [-0.1, -0.05) is 46.8 Å². The zero-order valence-corrected chi connectivity index (χ0v) is 21.4. The third-order valence-electron chi connectivity index (χ3n) is 5.57. The van der Waals surface area contributed by atoms with Crippen molar-refractivity contribution < 1.29 is 30.7 Å². The Bertz CT molecular complexity index is 1160. The Morgan fingerprint density at radius 3 is 1.94 bits per heavy atom. The molecular formula is C24H34O7S2. The lowest BCUT2D eigenvalue weighted by Gasteiger charge is -2.23. The van der Waals surface area contributed by atoms with E-state index in [1.165, 1.54) is 24.3 Å². The zero-order chi connectivity index (χ0) is 25.0.